The molecule has 0 bridgehead atoms. The molecular weight excluding hydrogens is 206 g/mol. The molecule has 3 heteroatoms. The average molecular weight is 215 g/mol. The van der Waals surface area contributed by atoms with Crippen LogP contribution in [-0.4, -0.2) is 4.98 Å². The summed E-state index contributed by atoms with van der Waals surface area (Å²) in [6.45, 7) is 3.61. The number of nitrogens with two attached hydrogens (primary N) is 1. The molecule has 9 heavy (non-hydrogen) atoms. The van der Waals surface area contributed by atoms with Gasteiger partial charge in [0.2, 0.25) is 0 Å². The minimum absolute atomic E-state index is 0. The summed E-state index contributed by atoms with van der Waals surface area (Å²) < 4.78 is 0. The van der Waals surface area contributed by atoms with Crippen LogP contribution in [0.2, 0.25) is 0 Å². The monoisotopic (exact) mass is 214 g/mol. The van der Waals surface area contributed by atoms with Crippen LogP contribution in [0.3, 0.4) is 0 Å². The Balaban J connectivity index is 0. The van der Waals surface area contributed by atoms with Crippen LogP contribution >= 0.6 is 0 Å². The molecule has 0 saturated carbocycles. The Kier molecular flexibility index (Phi) is 7.34. The minimum atomic E-state index is 0. The number of hydrogen-bond donors (Lipinski definition) is 0. The Hall–Kier alpha value is -0.358. The van der Waals surface area contributed by atoms with Crippen molar-refractivity contribution in [1.29, 1.82) is 0 Å². The van der Waals surface area contributed by atoms with Crippen LogP contribution in [0.4, 0.5) is 0 Å². The first kappa shape index (κ1) is 11.4. The second-order valence-corrected chi connectivity index (χ2v) is 1.32. The van der Waals surface area contributed by atoms with E-state index in [1.807, 2.05) is 18.2 Å². The maximum Gasteiger partial charge on any atom is 2.00 e. The molecule has 2 nitrogen and oxygen atoms in total. The summed E-state index contributed by atoms with van der Waals surface area (Å²) in [7, 11) is 0. The number of pyridine rings is 1. The summed E-state index contributed by atoms with van der Waals surface area (Å²) in [5.74, 6) is 0. The second-order valence-electron chi connectivity index (χ2n) is 1.32. The van der Waals surface area contributed by atoms with Crippen molar-refractivity contribution in [2.45, 2.75) is 0 Å². The van der Waals surface area contributed by atoms with Gasteiger partial charge in [0.05, 0.1) is 0 Å². The van der Waals surface area contributed by atoms with Crippen LogP contribution in [0.5, 0.6) is 0 Å². The molecule has 1 heterocycles. The van der Waals surface area contributed by atoms with Crippen molar-refractivity contribution in [3.05, 3.63) is 43.2 Å². The van der Waals surface area contributed by atoms with Gasteiger partial charge in [0.1, 0.15) is 0 Å². The van der Waals surface area contributed by atoms with Crippen molar-refractivity contribution in [2.75, 3.05) is 0 Å². The third-order valence-corrected chi connectivity index (χ3v) is 0.726. The molecule has 0 aliphatic carbocycles. The van der Waals surface area contributed by atoms with E-state index in [9.17, 15) is 0 Å². The van der Waals surface area contributed by atoms with Gasteiger partial charge in [-0.3, -0.25) is 4.98 Å². The third-order valence-electron chi connectivity index (χ3n) is 0.726. The molecule has 0 atom stereocenters. The summed E-state index contributed by atoms with van der Waals surface area (Å²) in [4.78, 5) is 3.87. The van der Waals surface area contributed by atoms with E-state index in [1.54, 1.807) is 6.20 Å². The largest absolute Gasteiger partial charge is 2.00 e. The summed E-state index contributed by atoms with van der Waals surface area (Å²) >= 11 is 0. The Labute approximate surface area is 68.9 Å². The zero-order valence-corrected chi connectivity index (χ0v) is 6.41. The summed E-state index contributed by atoms with van der Waals surface area (Å²) in [5.41, 5.74) is 0.822. The Bertz CT molecular complexity index is 141. The van der Waals surface area contributed by atoms with E-state index < -0.39 is 0 Å². The van der Waals surface area contributed by atoms with Crippen molar-refractivity contribution in [3.8, 4) is 0 Å². The zero-order valence-electron chi connectivity index (χ0n) is 4.86. The molecule has 0 saturated heterocycles. The van der Waals surface area contributed by atoms with Crippen molar-refractivity contribution >= 4 is 0 Å². The fourth-order valence-corrected chi connectivity index (χ4v) is 0.398. The van der Waals surface area contributed by atoms with Crippen molar-refractivity contribution < 1.29 is 20.4 Å². The summed E-state index contributed by atoms with van der Waals surface area (Å²) in [5, 5.41) is 0. The predicted octanol–water partition coefficient (Wildman–Crippen LogP) is 1.98. The molecule has 0 unspecified atom stereocenters. The first-order chi connectivity index (χ1) is 3.39. The van der Waals surface area contributed by atoms with Crippen LogP contribution in [0.25, 0.3) is 6.15 Å². The number of rotatable bonds is 0. The molecule has 1 aromatic rings. The van der Waals surface area contributed by atoms with Gasteiger partial charge < -0.3 is 6.15 Å². The molecular formula is C6H8N2Pd. The van der Waals surface area contributed by atoms with E-state index in [2.05, 4.69) is 11.9 Å². The van der Waals surface area contributed by atoms with Gasteiger partial charge in [0.25, 0.3) is 0 Å². The first-order valence-electron chi connectivity index (χ1n) is 2.12. The molecule has 0 aliphatic heterocycles. The normalized spacial score (nSPS) is 6.67. The Morgan fingerprint density at radius 1 is 1.33 bits per heavy atom. The molecule has 2 N–H and O–H groups in total. The fraction of sp³-hybridized carbons (Fsp3) is 0. The Morgan fingerprint density at radius 3 is 2.22 bits per heavy atom. The van der Waals surface area contributed by atoms with Crippen LogP contribution in [-0.2, 0) is 20.4 Å². The SMILES string of the molecule is [CH2-]c1ccccn1.[NH2-].[Pd+2]. The molecule has 1 rings (SSSR count). The third kappa shape index (κ3) is 4.17. The standard InChI is InChI=1S/C6H6N.H2N.Pd/c1-6-4-2-3-5-7-6;;/h2-5H,1H2;1H2;/q2*-1;+2. The van der Waals surface area contributed by atoms with Gasteiger partial charge in [0, 0.05) is 6.20 Å². The van der Waals surface area contributed by atoms with Gasteiger partial charge in [-0.1, -0.05) is 6.07 Å². The minimum Gasteiger partial charge on any atom is -0.693 e. The Morgan fingerprint density at radius 2 is 2.00 bits per heavy atom. The van der Waals surface area contributed by atoms with E-state index in [1.165, 1.54) is 0 Å². The molecule has 0 amide bonds. The topological polar surface area (TPSA) is 46.4 Å². The van der Waals surface area contributed by atoms with Gasteiger partial charge in [-0.15, -0.1) is 11.8 Å². The zero-order chi connectivity index (χ0) is 5.11. The quantitative estimate of drug-likeness (QED) is 0.481. The number of aromatic nitrogens is 1. The van der Waals surface area contributed by atoms with E-state index >= 15 is 0 Å². The smallest absolute Gasteiger partial charge is 0.693 e. The molecule has 52 valence electrons. The van der Waals surface area contributed by atoms with Crippen LogP contribution in [0.1, 0.15) is 5.69 Å². The average Bonchev–Trinajstić information content (AvgIpc) is 1.69. The van der Waals surface area contributed by atoms with E-state index in [0.717, 1.165) is 5.69 Å². The van der Waals surface area contributed by atoms with Crippen LogP contribution < -0.4 is 0 Å². The van der Waals surface area contributed by atoms with E-state index in [4.69, 9.17) is 0 Å². The molecule has 0 fully saturated rings. The molecule has 0 aromatic carbocycles. The number of hydrogen-bond acceptors (Lipinski definition) is 1. The predicted molar refractivity (Wildman–Crippen MR) is 34.0 cm³/mol. The van der Waals surface area contributed by atoms with Crippen molar-refractivity contribution in [3.63, 3.8) is 0 Å². The second kappa shape index (κ2) is 5.77. The van der Waals surface area contributed by atoms with Gasteiger partial charge in [-0.05, 0) is 0 Å². The van der Waals surface area contributed by atoms with E-state index in [-0.39, 0.29) is 26.6 Å². The van der Waals surface area contributed by atoms with Crippen LogP contribution in [0, 0.1) is 6.92 Å². The number of nitrogens with zero attached hydrogens (tertiary/aromatic N) is 1. The van der Waals surface area contributed by atoms with Gasteiger partial charge >= 0.3 is 20.4 Å². The van der Waals surface area contributed by atoms with E-state index in [0.29, 0.717) is 0 Å². The molecule has 1 aromatic heterocycles. The van der Waals surface area contributed by atoms with Gasteiger partial charge in [-0.2, -0.15) is 6.07 Å². The van der Waals surface area contributed by atoms with Gasteiger partial charge in [-0.25, -0.2) is 6.92 Å². The molecule has 0 radical (unpaired) electrons. The fourth-order valence-electron chi connectivity index (χ4n) is 0.398. The van der Waals surface area contributed by atoms with Crippen LogP contribution in [0.15, 0.2) is 24.4 Å². The summed E-state index contributed by atoms with van der Waals surface area (Å²) in [6.07, 6.45) is 1.72. The maximum atomic E-state index is 3.87. The summed E-state index contributed by atoms with van der Waals surface area (Å²) in [6, 6.07) is 5.64. The maximum absolute atomic E-state index is 3.87. The molecule has 0 spiro atoms. The van der Waals surface area contributed by atoms with Crippen molar-refractivity contribution in [2.24, 2.45) is 0 Å². The molecule has 0 aliphatic rings. The first-order valence-corrected chi connectivity index (χ1v) is 2.12. The van der Waals surface area contributed by atoms with Crippen molar-refractivity contribution in [1.82, 2.24) is 4.98 Å². The van der Waals surface area contributed by atoms with Gasteiger partial charge in [0.15, 0.2) is 0 Å².